The third kappa shape index (κ3) is 4.00. The Bertz CT molecular complexity index is 1250. The first kappa shape index (κ1) is 22.9. The molecule has 33 heavy (non-hydrogen) atoms. The molecule has 1 amide bonds. The molecule has 3 N–H and O–H groups in total. The summed E-state index contributed by atoms with van der Waals surface area (Å²) < 4.78 is 28.1. The van der Waals surface area contributed by atoms with Crippen LogP contribution >= 0.6 is 0 Å². The fourth-order valence-corrected chi connectivity index (χ4v) is 5.12. The van der Waals surface area contributed by atoms with E-state index in [2.05, 4.69) is 29.5 Å². The molecular formula is C27H29F2N3O. The van der Waals surface area contributed by atoms with Crippen molar-refractivity contribution in [1.82, 2.24) is 10.3 Å². The number of aromatic nitrogens is 1. The van der Waals surface area contributed by atoms with E-state index >= 15 is 0 Å². The van der Waals surface area contributed by atoms with Gasteiger partial charge in [0.05, 0.1) is 5.57 Å². The van der Waals surface area contributed by atoms with Gasteiger partial charge in [-0.2, -0.15) is 0 Å². The van der Waals surface area contributed by atoms with Gasteiger partial charge in [0.2, 0.25) is 0 Å². The minimum atomic E-state index is -0.655. The van der Waals surface area contributed by atoms with Gasteiger partial charge < -0.3 is 15.6 Å². The van der Waals surface area contributed by atoms with Crippen LogP contribution in [0, 0.1) is 25.5 Å². The Morgan fingerprint density at radius 1 is 1.03 bits per heavy atom. The van der Waals surface area contributed by atoms with E-state index in [0.29, 0.717) is 28.3 Å². The number of carbonyl (C=O) groups is 1. The summed E-state index contributed by atoms with van der Waals surface area (Å²) in [4.78, 5) is 16.4. The second-order valence-corrected chi connectivity index (χ2v) is 8.59. The number of hydrogen-bond donors (Lipinski definition) is 3. The summed E-state index contributed by atoms with van der Waals surface area (Å²) in [5, 5.41) is 6.29. The van der Waals surface area contributed by atoms with Crippen molar-refractivity contribution < 1.29 is 13.6 Å². The van der Waals surface area contributed by atoms with E-state index in [1.54, 1.807) is 18.2 Å². The maximum Gasteiger partial charge on any atom is 0.256 e. The highest BCUT2D eigenvalue weighted by Gasteiger charge is 2.29. The van der Waals surface area contributed by atoms with Gasteiger partial charge in [0.1, 0.15) is 11.6 Å². The molecule has 2 aromatic carbocycles. The standard InChI is InChI=1S/C26H25F2N3O.CH4/c1-14-23(30-15(2)24(14)16-8-10-29-11-9-16)13-20-25-19(4-3-5-22(25)31-26(20)32)18-7-6-17(27)12-21(18)28;/h3-7,12-13,16,29-30H,8-11H2,1-2H3,(H,31,32);1H4/b20-13-;. The summed E-state index contributed by atoms with van der Waals surface area (Å²) in [5.41, 5.74) is 7.05. The number of amides is 1. The van der Waals surface area contributed by atoms with Gasteiger partial charge in [-0.3, -0.25) is 4.79 Å². The minimum absolute atomic E-state index is 0. The third-order valence-electron chi connectivity index (χ3n) is 6.62. The van der Waals surface area contributed by atoms with Crippen LogP contribution in [0.1, 0.15) is 54.3 Å². The maximum absolute atomic E-state index is 14.6. The molecule has 4 nitrogen and oxygen atoms in total. The van der Waals surface area contributed by atoms with E-state index in [1.165, 1.54) is 17.7 Å². The highest BCUT2D eigenvalue weighted by atomic mass is 19.1. The van der Waals surface area contributed by atoms with Gasteiger partial charge in [0.15, 0.2) is 0 Å². The monoisotopic (exact) mass is 449 g/mol. The molecule has 0 spiro atoms. The van der Waals surface area contributed by atoms with Crippen molar-refractivity contribution in [2.45, 2.75) is 40.0 Å². The number of nitrogens with one attached hydrogen (secondary N) is 3. The Morgan fingerprint density at radius 2 is 1.79 bits per heavy atom. The summed E-state index contributed by atoms with van der Waals surface area (Å²) in [7, 11) is 0. The summed E-state index contributed by atoms with van der Waals surface area (Å²) in [6.45, 7) is 6.18. The lowest BCUT2D eigenvalue weighted by Gasteiger charge is -2.23. The fourth-order valence-electron chi connectivity index (χ4n) is 5.12. The van der Waals surface area contributed by atoms with Crippen LogP contribution in [-0.4, -0.2) is 24.0 Å². The number of fused-ring (bicyclic) bond motifs is 1. The number of anilines is 1. The molecular weight excluding hydrogens is 420 g/mol. The van der Waals surface area contributed by atoms with Crippen LogP contribution in [0.4, 0.5) is 14.5 Å². The normalized spacial score (nSPS) is 17.1. The highest BCUT2D eigenvalue weighted by molar-refractivity contribution is 6.36. The molecule has 0 bridgehead atoms. The predicted molar refractivity (Wildman–Crippen MR) is 130 cm³/mol. The van der Waals surface area contributed by atoms with E-state index in [1.807, 2.05) is 6.08 Å². The van der Waals surface area contributed by atoms with Gasteiger partial charge in [-0.1, -0.05) is 19.6 Å². The molecule has 0 atom stereocenters. The van der Waals surface area contributed by atoms with E-state index in [-0.39, 0.29) is 18.9 Å². The van der Waals surface area contributed by atoms with Crippen molar-refractivity contribution in [2.24, 2.45) is 0 Å². The number of piperidine rings is 1. The summed E-state index contributed by atoms with van der Waals surface area (Å²) in [6, 6.07) is 8.84. The van der Waals surface area contributed by atoms with Gasteiger partial charge in [0, 0.05) is 34.3 Å². The first-order valence-electron chi connectivity index (χ1n) is 11.0. The van der Waals surface area contributed by atoms with Gasteiger partial charge in [0.25, 0.3) is 5.91 Å². The Balaban J connectivity index is 0.00000259. The second-order valence-electron chi connectivity index (χ2n) is 8.59. The average molecular weight is 450 g/mol. The van der Waals surface area contributed by atoms with Crippen LogP contribution in [0.3, 0.4) is 0 Å². The van der Waals surface area contributed by atoms with Crippen LogP contribution in [0.5, 0.6) is 0 Å². The highest BCUT2D eigenvalue weighted by Crippen LogP contribution is 2.42. The van der Waals surface area contributed by atoms with E-state index in [0.717, 1.165) is 48.9 Å². The third-order valence-corrected chi connectivity index (χ3v) is 6.62. The van der Waals surface area contributed by atoms with Crippen molar-refractivity contribution in [3.63, 3.8) is 0 Å². The van der Waals surface area contributed by atoms with Crippen LogP contribution in [0.15, 0.2) is 36.4 Å². The molecule has 0 aliphatic carbocycles. The molecule has 0 saturated carbocycles. The molecule has 6 heteroatoms. The van der Waals surface area contributed by atoms with Crippen molar-refractivity contribution in [1.29, 1.82) is 0 Å². The molecule has 5 rings (SSSR count). The zero-order chi connectivity index (χ0) is 22.4. The SMILES string of the molecule is C.Cc1[nH]c(/C=C2\C(=O)Nc3cccc(-c4ccc(F)cc4F)c32)c(C)c1C1CCNCC1. The molecule has 2 aliphatic heterocycles. The molecule has 3 aromatic rings. The smallest absolute Gasteiger partial charge is 0.256 e. The van der Waals surface area contributed by atoms with Crippen LogP contribution < -0.4 is 10.6 Å². The summed E-state index contributed by atoms with van der Waals surface area (Å²) in [6.07, 6.45) is 4.04. The van der Waals surface area contributed by atoms with Gasteiger partial charge in [-0.15, -0.1) is 0 Å². The zero-order valence-electron chi connectivity index (χ0n) is 18.1. The van der Waals surface area contributed by atoms with E-state index in [9.17, 15) is 13.6 Å². The Kier molecular flexibility index (Phi) is 6.21. The number of aryl methyl sites for hydroxylation is 1. The summed E-state index contributed by atoms with van der Waals surface area (Å²) in [5.74, 6) is -1.03. The van der Waals surface area contributed by atoms with Crippen LogP contribution in [-0.2, 0) is 4.79 Å². The first-order chi connectivity index (χ1) is 15.4. The molecule has 3 heterocycles. The van der Waals surface area contributed by atoms with Crippen LogP contribution in [0.2, 0.25) is 0 Å². The Labute approximate surface area is 193 Å². The van der Waals surface area contributed by atoms with Crippen molar-refractivity contribution in [3.05, 3.63) is 76.1 Å². The number of H-pyrrole nitrogens is 1. The lowest BCUT2D eigenvalue weighted by atomic mass is 9.87. The van der Waals surface area contributed by atoms with Crippen molar-refractivity contribution in [3.8, 4) is 11.1 Å². The van der Waals surface area contributed by atoms with Crippen molar-refractivity contribution >= 4 is 23.2 Å². The minimum Gasteiger partial charge on any atom is -0.359 e. The largest absolute Gasteiger partial charge is 0.359 e. The maximum atomic E-state index is 14.6. The lowest BCUT2D eigenvalue weighted by molar-refractivity contribution is -0.110. The molecule has 0 unspecified atom stereocenters. The topological polar surface area (TPSA) is 56.9 Å². The first-order valence-corrected chi connectivity index (χ1v) is 11.0. The number of rotatable bonds is 3. The number of halogens is 2. The molecule has 172 valence electrons. The zero-order valence-corrected chi connectivity index (χ0v) is 18.1. The number of aromatic amines is 1. The van der Waals surface area contributed by atoms with Gasteiger partial charge in [-0.25, -0.2) is 8.78 Å². The quantitative estimate of drug-likeness (QED) is 0.419. The second kappa shape index (κ2) is 8.94. The lowest BCUT2D eigenvalue weighted by Crippen LogP contribution is -2.27. The van der Waals surface area contributed by atoms with Gasteiger partial charge >= 0.3 is 0 Å². The fraction of sp³-hybridized carbons (Fsp3) is 0.296. The Hall–Kier alpha value is -3.25. The van der Waals surface area contributed by atoms with E-state index < -0.39 is 11.6 Å². The summed E-state index contributed by atoms with van der Waals surface area (Å²) >= 11 is 0. The van der Waals surface area contributed by atoms with Crippen LogP contribution in [0.25, 0.3) is 22.8 Å². The average Bonchev–Trinajstić information content (AvgIpc) is 3.24. The van der Waals surface area contributed by atoms with Crippen molar-refractivity contribution in [2.75, 3.05) is 18.4 Å². The number of hydrogen-bond acceptors (Lipinski definition) is 2. The molecule has 1 fully saturated rings. The molecule has 0 radical (unpaired) electrons. The van der Waals surface area contributed by atoms with Gasteiger partial charge in [-0.05, 0) is 86.7 Å². The molecule has 1 saturated heterocycles. The number of benzene rings is 2. The predicted octanol–water partition coefficient (Wildman–Crippen LogP) is 6.17. The Morgan fingerprint density at radius 3 is 2.52 bits per heavy atom. The van der Waals surface area contributed by atoms with E-state index in [4.69, 9.17) is 0 Å². The molecule has 1 aromatic heterocycles. The molecule has 2 aliphatic rings. The number of carbonyl (C=O) groups excluding carboxylic acids is 1.